The molecule has 0 spiro atoms. The van der Waals surface area contributed by atoms with Crippen molar-refractivity contribution in [3.8, 4) is 0 Å². The Balaban J connectivity index is 1.44. The van der Waals surface area contributed by atoms with Gasteiger partial charge < -0.3 is 10.2 Å². The first-order valence-corrected chi connectivity index (χ1v) is 9.22. The van der Waals surface area contributed by atoms with Crippen molar-refractivity contribution < 1.29 is 0 Å². The zero-order chi connectivity index (χ0) is 17.8. The van der Waals surface area contributed by atoms with Gasteiger partial charge in [-0.1, -0.05) is 31.0 Å². The highest BCUT2D eigenvalue weighted by Gasteiger charge is 2.10. The Kier molecular flexibility index (Phi) is 4.82. The Bertz CT molecular complexity index is 927. The third-order valence-corrected chi connectivity index (χ3v) is 4.81. The predicted molar refractivity (Wildman–Crippen MR) is 105 cm³/mol. The summed E-state index contributed by atoms with van der Waals surface area (Å²) in [5, 5.41) is 3.78. The van der Waals surface area contributed by atoms with Crippen LogP contribution in [0.15, 0.2) is 47.4 Å². The number of benzene rings is 1. The van der Waals surface area contributed by atoms with Crippen molar-refractivity contribution in [2.75, 3.05) is 23.3 Å². The number of rotatable bonds is 4. The van der Waals surface area contributed by atoms with E-state index in [9.17, 15) is 4.79 Å². The number of fused-ring (bicyclic) bond motifs is 1. The van der Waals surface area contributed by atoms with E-state index < -0.39 is 0 Å². The lowest BCUT2D eigenvalue weighted by molar-refractivity contribution is 0.726. The maximum absolute atomic E-state index is 12.1. The molecule has 0 bridgehead atoms. The SMILES string of the molecule is O=c1[nH]c(NCc2ccc(N3CCCCCC3)nc2)nc2ccccc12. The van der Waals surface area contributed by atoms with E-state index in [-0.39, 0.29) is 5.56 Å². The zero-order valence-electron chi connectivity index (χ0n) is 14.7. The maximum atomic E-state index is 12.1. The van der Waals surface area contributed by atoms with Crippen molar-refractivity contribution in [1.82, 2.24) is 15.0 Å². The van der Waals surface area contributed by atoms with Gasteiger partial charge in [-0.3, -0.25) is 9.78 Å². The van der Waals surface area contributed by atoms with Crippen LogP contribution >= 0.6 is 0 Å². The summed E-state index contributed by atoms with van der Waals surface area (Å²) in [5.41, 5.74) is 1.61. The van der Waals surface area contributed by atoms with Gasteiger partial charge in [0.1, 0.15) is 5.82 Å². The van der Waals surface area contributed by atoms with Crippen LogP contribution in [-0.2, 0) is 6.54 Å². The van der Waals surface area contributed by atoms with Gasteiger partial charge in [0.15, 0.2) is 0 Å². The van der Waals surface area contributed by atoms with E-state index in [4.69, 9.17) is 0 Å². The molecular weight excluding hydrogens is 326 g/mol. The Morgan fingerprint density at radius 2 is 1.85 bits per heavy atom. The monoisotopic (exact) mass is 349 g/mol. The standard InChI is InChI=1S/C20H23N5O/c26-19-16-7-3-4-8-17(16)23-20(24-19)22-14-15-9-10-18(21-13-15)25-11-5-1-2-6-12-25/h3-4,7-10,13H,1-2,5-6,11-12,14H2,(H2,22,23,24,26). The number of hydrogen-bond donors (Lipinski definition) is 2. The van der Waals surface area contributed by atoms with Crippen molar-refractivity contribution >= 4 is 22.7 Å². The van der Waals surface area contributed by atoms with Gasteiger partial charge in [-0.25, -0.2) is 9.97 Å². The minimum absolute atomic E-state index is 0.132. The molecule has 2 aromatic heterocycles. The Morgan fingerprint density at radius 1 is 1.04 bits per heavy atom. The molecule has 1 aromatic carbocycles. The number of aromatic nitrogens is 3. The Hall–Kier alpha value is -2.89. The van der Waals surface area contributed by atoms with Gasteiger partial charge in [0, 0.05) is 25.8 Å². The molecule has 0 saturated carbocycles. The predicted octanol–water partition coefficient (Wildman–Crippen LogP) is 3.31. The third-order valence-electron chi connectivity index (χ3n) is 4.81. The van der Waals surface area contributed by atoms with Crippen molar-refractivity contribution in [3.05, 3.63) is 58.5 Å². The zero-order valence-corrected chi connectivity index (χ0v) is 14.7. The summed E-state index contributed by atoms with van der Waals surface area (Å²) in [6, 6.07) is 11.5. The average Bonchev–Trinajstić information content (AvgIpc) is 2.96. The number of nitrogens with zero attached hydrogens (tertiary/aromatic N) is 3. The van der Waals surface area contributed by atoms with Crippen molar-refractivity contribution in [2.45, 2.75) is 32.2 Å². The van der Waals surface area contributed by atoms with Crippen LogP contribution in [0.4, 0.5) is 11.8 Å². The summed E-state index contributed by atoms with van der Waals surface area (Å²) in [6.07, 6.45) is 7.01. The molecule has 1 aliphatic heterocycles. The largest absolute Gasteiger partial charge is 0.357 e. The number of pyridine rings is 1. The van der Waals surface area contributed by atoms with Crippen molar-refractivity contribution in [3.63, 3.8) is 0 Å². The molecule has 134 valence electrons. The summed E-state index contributed by atoms with van der Waals surface area (Å²) in [6.45, 7) is 2.74. The van der Waals surface area contributed by atoms with E-state index in [1.165, 1.54) is 25.7 Å². The van der Waals surface area contributed by atoms with Crippen LogP contribution in [0, 0.1) is 0 Å². The average molecular weight is 349 g/mol. The summed E-state index contributed by atoms with van der Waals surface area (Å²) < 4.78 is 0. The van der Waals surface area contributed by atoms with Crippen LogP contribution in [0.5, 0.6) is 0 Å². The van der Waals surface area contributed by atoms with Gasteiger partial charge in [0.05, 0.1) is 10.9 Å². The number of H-pyrrole nitrogens is 1. The van der Waals surface area contributed by atoms with E-state index in [2.05, 4.69) is 37.3 Å². The van der Waals surface area contributed by atoms with E-state index in [1.54, 1.807) is 6.07 Å². The molecule has 3 heterocycles. The first-order chi connectivity index (χ1) is 12.8. The van der Waals surface area contributed by atoms with Crippen molar-refractivity contribution in [2.24, 2.45) is 0 Å². The van der Waals surface area contributed by atoms with Gasteiger partial charge in [0.25, 0.3) is 5.56 Å². The lowest BCUT2D eigenvalue weighted by Gasteiger charge is -2.21. The quantitative estimate of drug-likeness (QED) is 0.756. The molecule has 6 nitrogen and oxygen atoms in total. The molecule has 3 aromatic rings. The highest BCUT2D eigenvalue weighted by Crippen LogP contribution is 2.17. The second kappa shape index (κ2) is 7.56. The van der Waals surface area contributed by atoms with Gasteiger partial charge in [-0.2, -0.15) is 0 Å². The molecule has 0 atom stereocenters. The molecule has 0 amide bonds. The van der Waals surface area contributed by atoms with E-state index in [0.717, 1.165) is 24.5 Å². The molecule has 4 rings (SSSR count). The first kappa shape index (κ1) is 16.6. The number of anilines is 2. The van der Waals surface area contributed by atoms with E-state index >= 15 is 0 Å². The molecule has 26 heavy (non-hydrogen) atoms. The van der Waals surface area contributed by atoms with E-state index in [1.807, 2.05) is 24.4 Å². The number of hydrogen-bond acceptors (Lipinski definition) is 5. The topological polar surface area (TPSA) is 73.9 Å². The smallest absolute Gasteiger partial charge is 0.260 e. The number of aromatic amines is 1. The molecule has 0 aliphatic carbocycles. The van der Waals surface area contributed by atoms with Crippen LogP contribution in [0.2, 0.25) is 0 Å². The normalized spacial score (nSPS) is 15.0. The fourth-order valence-corrected chi connectivity index (χ4v) is 3.36. The summed E-state index contributed by atoms with van der Waals surface area (Å²) in [7, 11) is 0. The molecule has 1 fully saturated rings. The van der Waals surface area contributed by atoms with Crippen molar-refractivity contribution in [1.29, 1.82) is 0 Å². The number of nitrogens with one attached hydrogen (secondary N) is 2. The van der Waals surface area contributed by atoms with Gasteiger partial charge in [0.2, 0.25) is 5.95 Å². The van der Waals surface area contributed by atoms with Gasteiger partial charge in [-0.05, 0) is 36.6 Å². The lowest BCUT2D eigenvalue weighted by atomic mass is 10.2. The first-order valence-electron chi connectivity index (χ1n) is 9.22. The minimum atomic E-state index is -0.132. The molecule has 6 heteroatoms. The number of para-hydroxylation sites is 1. The van der Waals surface area contributed by atoms with Crippen LogP contribution < -0.4 is 15.8 Å². The minimum Gasteiger partial charge on any atom is -0.357 e. The van der Waals surface area contributed by atoms with E-state index in [0.29, 0.717) is 23.4 Å². The highest BCUT2D eigenvalue weighted by atomic mass is 16.1. The van der Waals surface area contributed by atoms with Crippen LogP contribution in [-0.4, -0.2) is 28.0 Å². The molecule has 1 aliphatic rings. The molecular formula is C20H23N5O. The third kappa shape index (κ3) is 3.69. The van der Waals surface area contributed by atoms with Gasteiger partial charge >= 0.3 is 0 Å². The van der Waals surface area contributed by atoms with Crippen LogP contribution in [0.1, 0.15) is 31.2 Å². The summed E-state index contributed by atoms with van der Waals surface area (Å²) >= 11 is 0. The Morgan fingerprint density at radius 3 is 2.62 bits per heavy atom. The van der Waals surface area contributed by atoms with Crippen LogP contribution in [0.25, 0.3) is 10.9 Å². The fraction of sp³-hybridized carbons (Fsp3) is 0.350. The van der Waals surface area contributed by atoms with Gasteiger partial charge in [-0.15, -0.1) is 0 Å². The molecule has 0 radical (unpaired) electrons. The highest BCUT2D eigenvalue weighted by molar-refractivity contribution is 5.78. The fourth-order valence-electron chi connectivity index (χ4n) is 3.36. The Labute approximate surface area is 152 Å². The molecule has 0 unspecified atom stereocenters. The molecule has 2 N–H and O–H groups in total. The van der Waals surface area contributed by atoms with Crippen LogP contribution in [0.3, 0.4) is 0 Å². The maximum Gasteiger partial charge on any atom is 0.260 e. The second-order valence-corrected chi connectivity index (χ2v) is 6.71. The second-order valence-electron chi connectivity index (χ2n) is 6.71. The molecule has 1 saturated heterocycles. The lowest BCUT2D eigenvalue weighted by Crippen LogP contribution is -2.24. The summed E-state index contributed by atoms with van der Waals surface area (Å²) in [4.78, 5) is 26.3. The summed E-state index contributed by atoms with van der Waals surface area (Å²) in [5.74, 6) is 1.53.